The molecule has 0 fully saturated rings. The van der Waals surface area contributed by atoms with E-state index in [1.165, 1.54) is 12.1 Å². The van der Waals surface area contributed by atoms with Crippen LogP contribution in [0, 0.1) is 5.82 Å². The van der Waals surface area contributed by atoms with Crippen molar-refractivity contribution in [2.24, 2.45) is 0 Å². The zero-order valence-corrected chi connectivity index (χ0v) is 10.4. The van der Waals surface area contributed by atoms with Gasteiger partial charge in [0.1, 0.15) is 5.82 Å². The van der Waals surface area contributed by atoms with Crippen molar-refractivity contribution in [1.29, 1.82) is 0 Å². The topological polar surface area (TPSA) is 49.7 Å². The second-order valence-electron chi connectivity index (χ2n) is 3.63. The Hall–Kier alpha value is -1.53. The van der Waals surface area contributed by atoms with E-state index in [0.29, 0.717) is 0 Å². The summed E-state index contributed by atoms with van der Waals surface area (Å²) in [5, 5.41) is 18.0. The van der Waals surface area contributed by atoms with E-state index in [-0.39, 0.29) is 15.6 Å². The second-order valence-corrected chi connectivity index (χ2v) is 4.65. The van der Waals surface area contributed by atoms with Gasteiger partial charge in [0, 0.05) is 0 Å². The molecule has 92 valence electrons. The second kappa shape index (κ2) is 5.88. The molecule has 2 N–H and O–H groups in total. The van der Waals surface area contributed by atoms with Gasteiger partial charge in [-0.05, 0) is 28.4 Å². The quantitative estimate of drug-likeness (QED) is 0.639. The van der Waals surface area contributed by atoms with Crippen molar-refractivity contribution in [3.05, 3.63) is 54.3 Å². The van der Waals surface area contributed by atoms with Crippen LogP contribution in [0.25, 0.3) is 11.1 Å². The van der Waals surface area contributed by atoms with E-state index in [9.17, 15) is 4.39 Å². The maximum Gasteiger partial charge on any atom is 0.275 e. The molecule has 0 aromatic heterocycles. The van der Waals surface area contributed by atoms with Crippen LogP contribution in [0.1, 0.15) is 0 Å². The summed E-state index contributed by atoms with van der Waals surface area (Å²) in [6.45, 7) is -1.76. The van der Waals surface area contributed by atoms with Crippen molar-refractivity contribution in [1.82, 2.24) is 0 Å². The minimum atomic E-state index is -1.76. The number of benzene rings is 2. The highest BCUT2D eigenvalue weighted by Gasteiger charge is 2.03. The molecule has 0 aliphatic carbocycles. The zero-order valence-electron chi connectivity index (χ0n) is 9.38. The van der Waals surface area contributed by atoms with E-state index < -0.39 is 6.48 Å². The molecule has 0 unspecified atom stereocenters. The Morgan fingerprint density at radius 1 is 1.00 bits per heavy atom. The Kier molecular flexibility index (Phi) is 4.22. The highest BCUT2D eigenvalue weighted by atomic mass is 28.2. The summed E-state index contributed by atoms with van der Waals surface area (Å²) in [4.78, 5) is 0. The first-order valence-electron chi connectivity index (χ1n) is 5.29. The van der Waals surface area contributed by atoms with Gasteiger partial charge in [-0.2, -0.15) is 0 Å². The molecule has 3 nitrogen and oxygen atoms in total. The van der Waals surface area contributed by atoms with Gasteiger partial charge in [0.25, 0.3) is 16.2 Å². The molecule has 2 aromatic carbocycles. The molecule has 0 bridgehead atoms. The van der Waals surface area contributed by atoms with Gasteiger partial charge in [-0.25, -0.2) is 4.39 Å². The first-order valence-corrected chi connectivity index (χ1v) is 6.20. The fourth-order valence-corrected chi connectivity index (χ4v) is 2.06. The van der Waals surface area contributed by atoms with Crippen LogP contribution in [0.15, 0.2) is 48.5 Å². The van der Waals surface area contributed by atoms with Crippen molar-refractivity contribution in [3.63, 3.8) is 0 Å². The number of aliphatic hydroxyl groups excluding tert-OH is 1. The molecule has 0 atom stereocenters. The molecular weight excluding hydrogens is 251 g/mol. The summed E-state index contributed by atoms with van der Waals surface area (Å²) in [5.41, 5.74) is 1.69. The molecule has 18 heavy (non-hydrogen) atoms. The summed E-state index contributed by atoms with van der Waals surface area (Å²) in [6, 6.07) is 13.6. The molecular formula is C13H11FO3Si. The molecule has 0 saturated carbocycles. The molecule has 0 saturated heterocycles. The predicted molar refractivity (Wildman–Crippen MR) is 66.5 cm³/mol. The number of rotatable bonds is 4. The van der Waals surface area contributed by atoms with Crippen molar-refractivity contribution >= 4 is 14.9 Å². The van der Waals surface area contributed by atoms with Crippen LogP contribution < -0.4 is 5.19 Å². The standard InChI is InChI=1S/C13H11FO3Si/c14-11-3-1-2-10(8-11)9-4-6-12(7-5-9)18-17-13(15)16/h1-8,13,15-16H. The summed E-state index contributed by atoms with van der Waals surface area (Å²) in [7, 11) is -0.138. The fraction of sp³-hybridized carbons (Fsp3) is 0.0769. The highest BCUT2D eigenvalue weighted by molar-refractivity contribution is 6.46. The van der Waals surface area contributed by atoms with Crippen LogP contribution in [0.5, 0.6) is 0 Å². The SMILES string of the molecule is OC(O)O[Si]c1ccc(-c2cccc(F)c2)cc1. The average Bonchev–Trinajstić information content (AvgIpc) is 2.37. The first kappa shape index (κ1) is 12.9. The van der Waals surface area contributed by atoms with Crippen LogP contribution in [-0.4, -0.2) is 26.5 Å². The Morgan fingerprint density at radius 3 is 2.33 bits per heavy atom. The molecule has 5 heteroatoms. The molecule has 2 aromatic rings. The van der Waals surface area contributed by atoms with Gasteiger partial charge in [-0.3, -0.25) is 0 Å². The van der Waals surface area contributed by atoms with Crippen LogP contribution >= 0.6 is 0 Å². The lowest BCUT2D eigenvalue weighted by Crippen LogP contribution is -2.23. The van der Waals surface area contributed by atoms with Crippen molar-refractivity contribution in [2.45, 2.75) is 6.48 Å². The van der Waals surface area contributed by atoms with Gasteiger partial charge in [-0.1, -0.05) is 36.4 Å². The third kappa shape index (κ3) is 3.48. The smallest absolute Gasteiger partial charge is 0.275 e. The Bertz CT molecular complexity index is 514. The number of hydrogen-bond donors (Lipinski definition) is 2. The lowest BCUT2D eigenvalue weighted by molar-refractivity contribution is -0.179. The number of aliphatic hydroxyl groups is 2. The summed E-state index contributed by atoms with van der Waals surface area (Å²) < 4.78 is 17.7. The monoisotopic (exact) mass is 262 g/mol. The Morgan fingerprint density at radius 2 is 1.72 bits per heavy atom. The maximum atomic E-state index is 13.1. The van der Waals surface area contributed by atoms with E-state index in [0.717, 1.165) is 16.3 Å². The van der Waals surface area contributed by atoms with E-state index >= 15 is 0 Å². The van der Waals surface area contributed by atoms with Crippen LogP contribution in [-0.2, 0) is 4.43 Å². The molecule has 0 aliphatic heterocycles. The van der Waals surface area contributed by atoms with Gasteiger partial charge in [0.15, 0.2) is 0 Å². The van der Waals surface area contributed by atoms with Crippen LogP contribution in [0.3, 0.4) is 0 Å². The average molecular weight is 262 g/mol. The van der Waals surface area contributed by atoms with Gasteiger partial charge in [0.05, 0.1) is 0 Å². The number of hydrogen-bond acceptors (Lipinski definition) is 3. The van der Waals surface area contributed by atoms with Gasteiger partial charge >= 0.3 is 0 Å². The third-order valence-corrected chi connectivity index (χ3v) is 3.22. The Balaban J connectivity index is 2.12. The van der Waals surface area contributed by atoms with Crippen molar-refractivity contribution < 1.29 is 19.0 Å². The lowest BCUT2D eigenvalue weighted by Gasteiger charge is -2.05. The minimum Gasteiger partial charge on any atom is -0.366 e. The van der Waals surface area contributed by atoms with Crippen LogP contribution in [0.2, 0.25) is 0 Å². The summed E-state index contributed by atoms with van der Waals surface area (Å²) in [5.74, 6) is -0.273. The molecule has 0 aliphatic rings. The van der Waals surface area contributed by atoms with E-state index in [1.807, 2.05) is 18.2 Å². The van der Waals surface area contributed by atoms with E-state index in [1.54, 1.807) is 18.2 Å². The molecule has 2 rings (SSSR count). The molecule has 0 heterocycles. The highest BCUT2D eigenvalue weighted by Crippen LogP contribution is 2.18. The molecule has 0 spiro atoms. The van der Waals surface area contributed by atoms with Gasteiger partial charge in [-0.15, -0.1) is 0 Å². The maximum absolute atomic E-state index is 13.1. The minimum absolute atomic E-state index is 0.138. The van der Waals surface area contributed by atoms with Crippen molar-refractivity contribution in [3.8, 4) is 11.1 Å². The zero-order chi connectivity index (χ0) is 13.0. The molecule has 2 radical (unpaired) electrons. The van der Waals surface area contributed by atoms with Crippen molar-refractivity contribution in [2.75, 3.05) is 0 Å². The summed E-state index contributed by atoms with van der Waals surface area (Å²) >= 11 is 0. The third-order valence-electron chi connectivity index (χ3n) is 2.33. The van der Waals surface area contributed by atoms with Gasteiger partial charge < -0.3 is 14.6 Å². The fourth-order valence-electron chi connectivity index (χ4n) is 1.52. The largest absolute Gasteiger partial charge is 0.366 e. The van der Waals surface area contributed by atoms with E-state index in [2.05, 4.69) is 4.43 Å². The van der Waals surface area contributed by atoms with Gasteiger partial charge in [0.2, 0.25) is 0 Å². The molecule has 0 amide bonds. The van der Waals surface area contributed by atoms with Crippen LogP contribution in [0.4, 0.5) is 4.39 Å². The number of halogens is 1. The predicted octanol–water partition coefficient (Wildman–Crippen LogP) is 1.02. The lowest BCUT2D eigenvalue weighted by atomic mass is 10.1. The Labute approximate surface area is 106 Å². The van der Waals surface area contributed by atoms with E-state index in [4.69, 9.17) is 10.2 Å². The first-order chi connectivity index (χ1) is 8.65. The summed E-state index contributed by atoms with van der Waals surface area (Å²) in [6.07, 6.45) is 0. The normalized spacial score (nSPS) is 10.9.